The molecule has 4 rings (SSSR count). The Kier molecular flexibility index (Phi) is 6.50. The molecule has 0 bridgehead atoms. The molecular formula is C24H26N4O3S. The molecule has 0 amide bonds. The molecular weight excluding hydrogens is 424 g/mol. The van der Waals surface area contributed by atoms with Crippen molar-refractivity contribution in [2.75, 3.05) is 14.2 Å². The number of fused-ring (bicyclic) bond motifs is 1. The SMILES string of the molecule is CCn1nc(C)c2nc(SCc3cccc(OC)c3)n(Cc3ccccc3OC)c(=O)c21. The van der Waals surface area contributed by atoms with Gasteiger partial charge in [0, 0.05) is 17.9 Å². The molecule has 0 aliphatic rings. The number of thioether (sulfide) groups is 1. The number of hydrogen-bond donors (Lipinski definition) is 0. The number of nitrogens with zero attached hydrogens (tertiary/aromatic N) is 4. The topological polar surface area (TPSA) is 71.2 Å². The van der Waals surface area contributed by atoms with Crippen LogP contribution >= 0.6 is 11.8 Å². The normalized spacial score (nSPS) is 11.1. The lowest BCUT2D eigenvalue weighted by atomic mass is 10.2. The molecule has 0 spiro atoms. The highest BCUT2D eigenvalue weighted by molar-refractivity contribution is 7.98. The Hall–Kier alpha value is -3.26. The average Bonchev–Trinajstić information content (AvgIpc) is 3.15. The predicted octanol–water partition coefficient (Wildman–Crippen LogP) is 4.28. The van der Waals surface area contributed by atoms with Crippen molar-refractivity contribution < 1.29 is 9.47 Å². The second-order valence-corrected chi connectivity index (χ2v) is 8.28. The molecule has 0 radical (unpaired) electrons. The van der Waals surface area contributed by atoms with Crippen LogP contribution in [0.2, 0.25) is 0 Å². The Morgan fingerprint density at radius 2 is 1.88 bits per heavy atom. The summed E-state index contributed by atoms with van der Waals surface area (Å²) < 4.78 is 14.3. The summed E-state index contributed by atoms with van der Waals surface area (Å²) in [5.74, 6) is 2.20. The highest BCUT2D eigenvalue weighted by Crippen LogP contribution is 2.27. The van der Waals surface area contributed by atoms with Crippen LogP contribution in [-0.4, -0.2) is 33.6 Å². The molecule has 166 valence electrons. The standard InChI is InChI=1S/C24H26N4O3S/c1-5-28-22-21(16(2)26-28)25-24(32-15-17-9-8-11-19(13-17)30-3)27(23(22)29)14-18-10-6-7-12-20(18)31-4/h6-13H,5,14-15H2,1-4H3. The maximum atomic E-state index is 13.6. The monoisotopic (exact) mass is 450 g/mol. The van der Waals surface area contributed by atoms with Crippen LogP contribution in [-0.2, 0) is 18.8 Å². The van der Waals surface area contributed by atoms with Gasteiger partial charge in [0.25, 0.3) is 5.56 Å². The van der Waals surface area contributed by atoms with Gasteiger partial charge in [0.15, 0.2) is 10.7 Å². The van der Waals surface area contributed by atoms with Crippen molar-refractivity contribution in [2.45, 2.75) is 37.8 Å². The van der Waals surface area contributed by atoms with Gasteiger partial charge in [-0.2, -0.15) is 5.10 Å². The van der Waals surface area contributed by atoms with Crippen LogP contribution in [0.25, 0.3) is 11.0 Å². The van der Waals surface area contributed by atoms with Crippen molar-refractivity contribution in [1.29, 1.82) is 0 Å². The Morgan fingerprint density at radius 1 is 1.06 bits per heavy atom. The third kappa shape index (κ3) is 4.23. The fourth-order valence-electron chi connectivity index (χ4n) is 3.68. The van der Waals surface area contributed by atoms with Gasteiger partial charge in [-0.25, -0.2) is 4.98 Å². The third-order valence-electron chi connectivity index (χ3n) is 5.30. The molecule has 0 fully saturated rings. The zero-order valence-corrected chi connectivity index (χ0v) is 19.5. The van der Waals surface area contributed by atoms with Gasteiger partial charge in [-0.3, -0.25) is 14.0 Å². The fourth-order valence-corrected chi connectivity index (χ4v) is 4.62. The molecule has 0 saturated carbocycles. The van der Waals surface area contributed by atoms with E-state index in [1.54, 1.807) is 23.5 Å². The Balaban J connectivity index is 1.81. The largest absolute Gasteiger partial charge is 0.497 e. The van der Waals surface area contributed by atoms with Gasteiger partial charge in [-0.05, 0) is 37.6 Å². The summed E-state index contributed by atoms with van der Waals surface area (Å²) >= 11 is 1.53. The summed E-state index contributed by atoms with van der Waals surface area (Å²) in [5.41, 5.74) is 3.85. The van der Waals surface area contributed by atoms with E-state index in [9.17, 15) is 4.79 Å². The first-order valence-corrected chi connectivity index (χ1v) is 11.4. The molecule has 0 aliphatic heterocycles. The van der Waals surface area contributed by atoms with E-state index in [1.807, 2.05) is 62.4 Å². The van der Waals surface area contributed by atoms with E-state index in [0.29, 0.717) is 35.0 Å². The lowest BCUT2D eigenvalue weighted by Crippen LogP contribution is -2.26. The Morgan fingerprint density at radius 3 is 2.62 bits per heavy atom. The molecule has 2 aromatic carbocycles. The minimum atomic E-state index is -0.100. The lowest BCUT2D eigenvalue weighted by Gasteiger charge is -2.15. The summed E-state index contributed by atoms with van der Waals surface area (Å²) in [7, 11) is 3.29. The fraction of sp³-hybridized carbons (Fsp3) is 0.292. The summed E-state index contributed by atoms with van der Waals surface area (Å²) in [6.07, 6.45) is 0. The third-order valence-corrected chi connectivity index (χ3v) is 6.35. The van der Waals surface area contributed by atoms with Crippen LogP contribution in [0, 0.1) is 6.92 Å². The van der Waals surface area contributed by atoms with Crippen molar-refractivity contribution in [3.63, 3.8) is 0 Å². The van der Waals surface area contributed by atoms with Crippen molar-refractivity contribution in [1.82, 2.24) is 19.3 Å². The zero-order valence-electron chi connectivity index (χ0n) is 18.7. The predicted molar refractivity (Wildman–Crippen MR) is 127 cm³/mol. The lowest BCUT2D eigenvalue weighted by molar-refractivity contribution is 0.407. The van der Waals surface area contributed by atoms with Crippen LogP contribution in [0.3, 0.4) is 0 Å². The Labute approximate surface area is 191 Å². The van der Waals surface area contributed by atoms with E-state index < -0.39 is 0 Å². The number of rotatable bonds is 8. The van der Waals surface area contributed by atoms with E-state index >= 15 is 0 Å². The van der Waals surface area contributed by atoms with Gasteiger partial charge in [-0.15, -0.1) is 0 Å². The minimum Gasteiger partial charge on any atom is -0.497 e. The number of benzene rings is 2. The van der Waals surface area contributed by atoms with Crippen LogP contribution in [0.5, 0.6) is 11.5 Å². The Bertz CT molecular complexity index is 1310. The smallest absolute Gasteiger partial charge is 0.280 e. The quantitative estimate of drug-likeness (QED) is 0.295. The van der Waals surface area contributed by atoms with E-state index in [0.717, 1.165) is 28.3 Å². The number of hydrogen-bond acceptors (Lipinski definition) is 6. The van der Waals surface area contributed by atoms with E-state index in [1.165, 1.54) is 11.8 Å². The molecule has 2 heterocycles. The summed E-state index contributed by atoms with van der Waals surface area (Å²) in [4.78, 5) is 18.5. The van der Waals surface area contributed by atoms with Crippen molar-refractivity contribution in [3.8, 4) is 11.5 Å². The zero-order chi connectivity index (χ0) is 22.7. The van der Waals surface area contributed by atoms with Gasteiger partial charge in [0.2, 0.25) is 0 Å². The first kappa shape index (κ1) is 22.0. The van der Waals surface area contributed by atoms with E-state index in [2.05, 4.69) is 5.10 Å². The van der Waals surface area contributed by atoms with Crippen LogP contribution in [0.4, 0.5) is 0 Å². The van der Waals surface area contributed by atoms with Crippen molar-refractivity contribution in [3.05, 3.63) is 75.7 Å². The maximum Gasteiger partial charge on any atom is 0.280 e. The van der Waals surface area contributed by atoms with Gasteiger partial charge in [0.05, 0.1) is 26.5 Å². The van der Waals surface area contributed by atoms with Crippen molar-refractivity contribution >= 4 is 22.8 Å². The second kappa shape index (κ2) is 9.48. The second-order valence-electron chi connectivity index (χ2n) is 7.34. The number of aryl methyl sites for hydroxylation is 2. The number of methoxy groups -OCH3 is 2. The number of ether oxygens (including phenoxy) is 2. The molecule has 2 aromatic heterocycles. The summed E-state index contributed by atoms with van der Waals surface area (Å²) in [6.45, 7) is 4.83. The van der Waals surface area contributed by atoms with E-state index in [4.69, 9.17) is 14.5 Å². The first-order chi connectivity index (χ1) is 15.5. The average molecular weight is 451 g/mol. The molecule has 4 aromatic rings. The molecule has 8 heteroatoms. The molecule has 0 unspecified atom stereocenters. The molecule has 32 heavy (non-hydrogen) atoms. The number of para-hydroxylation sites is 1. The minimum absolute atomic E-state index is 0.100. The van der Waals surface area contributed by atoms with Gasteiger partial charge in [0.1, 0.15) is 17.0 Å². The first-order valence-electron chi connectivity index (χ1n) is 10.4. The highest BCUT2D eigenvalue weighted by Gasteiger charge is 2.19. The molecule has 0 saturated heterocycles. The summed E-state index contributed by atoms with van der Waals surface area (Å²) in [6, 6.07) is 15.6. The molecule has 0 N–H and O–H groups in total. The highest BCUT2D eigenvalue weighted by atomic mass is 32.2. The van der Waals surface area contributed by atoms with Gasteiger partial charge >= 0.3 is 0 Å². The van der Waals surface area contributed by atoms with Gasteiger partial charge < -0.3 is 9.47 Å². The molecule has 7 nitrogen and oxygen atoms in total. The maximum absolute atomic E-state index is 13.6. The van der Waals surface area contributed by atoms with Crippen LogP contribution < -0.4 is 15.0 Å². The molecule has 0 aliphatic carbocycles. The van der Waals surface area contributed by atoms with Crippen LogP contribution in [0.1, 0.15) is 23.7 Å². The number of aromatic nitrogens is 4. The molecule has 0 atom stereocenters. The van der Waals surface area contributed by atoms with E-state index in [-0.39, 0.29) is 5.56 Å². The van der Waals surface area contributed by atoms with Crippen molar-refractivity contribution in [2.24, 2.45) is 0 Å². The summed E-state index contributed by atoms with van der Waals surface area (Å²) in [5, 5.41) is 5.17. The van der Waals surface area contributed by atoms with Crippen LogP contribution in [0.15, 0.2) is 58.5 Å². The van der Waals surface area contributed by atoms with Gasteiger partial charge in [-0.1, -0.05) is 42.1 Å².